The van der Waals surface area contributed by atoms with Gasteiger partial charge in [-0.15, -0.1) is 0 Å². The van der Waals surface area contributed by atoms with E-state index in [1.165, 1.54) is 22.9 Å². The smallest absolute Gasteiger partial charge is 0.258 e. The van der Waals surface area contributed by atoms with Gasteiger partial charge in [-0.2, -0.15) is 5.10 Å². The number of nitro groups is 1. The van der Waals surface area contributed by atoms with Gasteiger partial charge >= 0.3 is 5.69 Å². The highest BCUT2D eigenvalue weighted by Crippen LogP contribution is 2.33. The molecule has 0 amide bonds. The number of hydrogen-bond donors (Lipinski definition) is 0. The van der Waals surface area contributed by atoms with Crippen molar-refractivity contribution >= 4 is 5.69 Å². The molecule has 0 unspecified atom stereocenters. The molecule has 110 valence electrons. The van der Waals surface area contributed by atoms with Crippen molar-refractivity contribution in [2.75, 3.05) is 0 Å². The number of halogens is 1. The maximum Gasteiger partial charge on any atom is 0.315 e. The lowest BCUT2D eigenvalue weighted by Crippen LogP contribution is -2.01. The highest BCUT2D eigenvalue weighted by Gasteiger charge is 2.25. The standard InChI is InChI=1S/C16H12FN3O2/c1-11-6-8-12(9-7-11)19-16(15(10-18-19)20(21)22)13-4-2-3-5-14(13)17/h2-10H,1H3. The molecule has 0 radical (unpaired) electrons. The molecule has 0 spiro atoms. The van der Waals surface area contributed by atoms with Crippen LogP contribution in [-0.2, 0) is 0 Å². The van der Waals surface area contributed by atoms with E-state index in [2.05, 4.69) is 5.10 Å². The van der Waals surface area contributed by atoms with E-state index in [-0.39, 0.29) is 16.9 Å². The maximum absolute atomic E-state index is 14.1. The van der Waals surface area contributed by atoms with Crippen LogP contribution in [-0.4, -0.2) is 14.7 Å². The number of aromatic nitrogens is 2. The second-order valence-electron chi connectivity index (χ2n) is 4.86. The van der Waals surface area contributed by atoms with Gasteiger partial charge in [0.05, 0.1) is 10.6 Å². The summed E-state index contributed by atoms with van der Waals surface area (Å²) in [5, 5.41) is 15.3. The van der Waals surface area contributed by atoms with Crippen LogP contribution in [0.15, 0.2) is 54.7 Å². The third-order valence-electron chi connectivity index (χ3n) is 3.35. The lowest BCUT2D eigenvalue weighted by atomic mass is 10.1. The molecule has 0 saturated carbocycles. The van der Waals surface area contributed by atoms with Gasteiger partial charge in [0.25, 0.3) is 0 Å². The summed E-state index contributed by atoms with van der Waals surface area (Å²) in [6, 6.07) is 13.3. The van der Waals surface area contributed by atoms with Crippen LogP contribution in [0.4, 0.5) is 10.1 Å². The summed E-state index contributed by atoms with van der Waals surface area (Å²) in [4.78, 5) is 10.7. The Kier molecular flexibility index (Phi) is 3.42. The first-order chi connectivity index (χ1) is 10.6. The quantitative estimate of drug-likeness (QED) is 0.544. The zero-order valence-corrected chi connectivity index (χ0v) is 11.7. The van der Waals surface area contributed by atoms with Crippen molar-refractivity contribution in [1.82, 2.24) is 9.78 Å². The summed E-state index contributed by atoms with van der Waals surface area (Å²) < 4.78 is 15.5. The van der Waals surface area contributed by atoms with Gasteiger partial charge < -0.3 is 0 Å². The molecule has 3 rings (SSSR count). The van der Waals surface area contributed by atoms with Gasteiger partial charge in [0.1, 0.15) is 12.0 Å². The third-order valence-corrected chi connectivity index (χ3v) is 3.35. The van der Waals surface area contributed by atoms with Crippen molar-refractivity contribution in [3.05, 3.63) is 76.2 Å². The Bertz CT molecular complexity index is 841. The summed E-state index contributed by atoms with van der Waals surface area (Å²) in [6.45, 7) is 1.94. The van der Waals surface area contributed by atoms with Crippen molar-refractivity contribution in [2.45, 2.75) is 6.92 Å². The predicted octanol–water partition coefficient (Wildman–Crippen LogP) is 3.90. The van der Waals surface area contributed by atoms with Gasteiger partial charge in [-0.05, 0) is 31.2 Å². The summed E-state index contributed by atoms with van der Waals surface area (Å²) in [7, 11) is 0. The van der Waals surface area contributed by atoms with E-state index in [0.717, 1.165) is 11.8 Å². The topological polar surface area (TPSA) is 61.0 Å². The van der Waals surface area contributed by atoms with E-state index in [0.29, 0.717) is 5.69 Å². The highest BCUT2D eigenvalue weighted by atomic mass is 19.1. The van der Waals surface area contributed by atoms with Crippen LogP contribution in [0.1, 0.15) is 5.56 Å². The molecule has 3 aromatic rings. The van der Waals surface area contributed by atoms with Gasteiger partial charge in [0.15, 0.2) is 5.69 Å². The van der Waals surface area contributed by atoms with Gasteiger partial charge in [0.2, 0.25) is 0 Å². The maximum atomic E-state index is 14.1. The van der Waals surface area contributed by atoms with Gasteiger partial charge in [-0.3, -0.25) is 10.1 Å². The molecular formula is C16H12FN3O2. The van der Waals surface area contributed by atoms with E-state index in [1.807, 2.05) is 19.1 Å². The SMILES string of the molecule is Cc1ccc(-n2ncc([N+](=O)[O-])c2-c2ccccc2F)cc1. The molecule has 0 fully saturated rings. The zero-order valence-electron chi connectivity index (χ0n) is 11.7. The number of benzene rings is 2. The second kappa shape index (κ2) is 5.40. The fourth-order valence-electron chi connectivity index (χ4n) is 2.26. The molecule has 1 aromatic heterocycles. The molecule has 0 aliphatic carbocycles. The minimum absolute atomic E-state index is 0.131. The number of aryl methyl sites for hydroxylation is 1. The summed E-state index contributed by atoms with van der Waals surface area (Å²) in [6.07, 6.45) is 1.14. The lowest BCUT2D eigenvalue weighted by molar-refractivity contribution is -0.384. The van der Waals surface area contributed by atoms with Crippen LogP contribution in [0.3, 0.4) is 0 Å². The van der Waals surface area contributed by atoms with Crippen LogP contribution in [0.25, 0.3) is 16.9 Å². The van der Waals surface area contributed by atoms with Crippen molar-refractivity contribution in [3.8, 4) is 16.9 Å². The molecule has 5 nitrogen and oxygen atoms in total. The Morgan fingerprint density at radius 3 is 2.45 bits per heavy atom. The van der Waals surface area contributed by atoms with Crippen molar-refractivity contribution < 1.29 is 9.31 Å². The monoisotopic (exact) mass is 297 g/mol. The molecule has 22 heavy (non-hydrogen) atoms. The summed E-state index contributed by atoms with van der Waals surface area (Å²) in [5.74, 6) is -0.528. The molecule has 0 atom stereocenters. The molecule has 0 aliphatic heterocycles. The van der Waals surface area contributed by atoms with Gasteiger partial charge in [-0.1, -0.05) is 29.8 Å². The predicted molar refractivity (Wildman–Crippen MR) is 80.3 cm³/mol. The molecular weight excluding hydrogens is 285 g/mol. The van der Waals surface area contributed by atoms with E-state index < -0.39 is 10.7 Å². The van der Waals surface area contributed by atoms with Crippen molar-refractivity contribution in [3.63, 3.8) is 0 Å². The molecule has 1 heterocycles. The Labute approximate surface area is 125 Å². The number of hydrogen-bond acceptors (Lipinski definition) is 3. The van der Waals surface area contributed by atoms with Crippen molar-refractivity contribution in [2.24, 2.45) is 0 Å². The Hall–Kier alpha value is -3.02. The van der Waals surface area contributed by atoms with E-state index in [9.17, 15) is 14.5 Å². The Morgan fingerprint density at radius 2 is 1.82 bits per heavy atom. The lowest BCUT2D eigenvalue weighted by Gasteiger charge is -2.08. The number of rotatable bonds is 3. The molecule has 0 bridgehead atoms. The van der Waals surface area contributed by atoms with Crippen LogP contribution < -0.4 is 0 Å². The molecule has 0 aliphatic rings. The average molecular weight is 297 g/mol. The van der Waals surface area contributed by atoms with Crippen molar-refractivity contribution in [1.29, 1.82) is 0 Å². The molecule has 2 aromatic carbocycles. The third kappa shape index (κ3) is 2.35. The van der Waals surface area contributed by atoms with Gasteiger partial charge in [-0.25, -0.2) is 9.07 Å². The van der Waals surface area contributed by atoms with Crippen LogP contribution in [0.2, 0.25) is 0 Å². The molecule has 0 N–H and O–H groups in total. The van der Waals surface area contributed by atoms with Crippen LogP contribution in [0.5, 0.6) is 0 Å². The minimum atomic E-state index is -0.556. The van der Waals surface area contributed by atoms with Crippen LogP contribution in [0, 0.1) is 22.9 Å². The van der Waals surface area contributed by atoms with Crippen LogP contribution >= 0.6 is 0 Å². The molecule has 6 heteroatoms. The van der Waals surface area contributed by atoms with Gasteiger partial charge in [0, 0.05) is 5.56 Å². The fourth-order valence-corrected chi connectivity index (χ4v) is 2.26. The first kappa shape index (κ1) is 13.9. The average Bonchev–Trinajstić information content (AvgIpc) is 2.93. The first-order valence-corrected chi connectivity index (χ1v) is 6.62. The largest absolute Gasteiger partial charge is 0.315 e. The normalized spacial score (nSPS) is 10.6. The first-order valence-electron chi connectivity index (χ1n) is 6.62. The Morgan fingerprint density at radius 1 is 1.14 bits per heavy atom. The molecule has 0 saturated heterocycles. The summed E-state index contributed by atoms with van der Waals surface area (Å²) in [5.41, 5.74) is 1.74. The number of nitrogens with zero attached hydrogens (tertiary/aromatic N) is 3. The summed E-state index contributed by atoms with van der Waals surface area (Å²) >= 11 is 0. The minimum Gasteiger partial charge on any atom is -0.258 e. The van der Waals surface area contributed by atoms with E-state index >= 15 is 0 Å². The van der Waals surface area contributed by atoms with E-state index in [1.54, 1.807) is 18.2 Å². The fraction of sp³-hybridized carbons (Fsp3) is 0.0625. The van der Waals surface area contributed by atoms with E-state index in [4.69, 9.17) is 0 Å². The second-order valence-corrected chi connectivity index (χ2v) is 4.86. The highest BCUT2D eigenvalue weighted by molar-refractivity contribution is 5.72. The Balaban J connectivity index is 2.27. The zero-order chi connectivity index (χ0) is 15.7.